The van der Waals surface area contributed by atoms with Crippen LogP contribution in [0.4, 0.5) is 8.78 Å². The van der Waals surface area contributed by atoms with Crippen molar-refractivity contribution in [1.82, 2.24) is 24.8 Å². The summed E-state index contributed by atoms with van der Waals surface area (Å²) in [7, 11) is 1.84. The second-order valence-corrected chi connectivity index (χ2v) is 6.00. The van der Waals surface area contributed by atoms with Gasteiger partial charge in [0.1, 0.15) is 0 Å². The molecular weight excluding hydrogens is 332 g/mol. The lowest BCUT2D eigenvalue weighted by atomic mass is 9.93. The smallest absolute Gasteiger partial charge is 0.345 e. The molecule has 0 aliphatic heterocycles. The second-order valence-electron chi connectivity index (χ2n) is 6.00. The number of hydrogen-bond acceptors (Lipinski definition) is 5. The second kappa shape index (κ2) is 7.64. The number of nitrogens with one attached hydrogen (secondary N) is 1. The van der Waals surface area contributed by atoms with Gasteiger partial charge in [-0.15, -0.1) is 0 Å². The van der Waals surface area contributed by atoms with E-state index in [1.165, 1.54) is 6.20 Å². The standard InChI is InChI=1S/C16H19F2N5O2/c1-23-9-19-8-13(23)12-6-7-20-14(22-12)15(24)21-10-2-4-11(5-3-10)25-16(17)18/h6-11,16H,2-5H2,1H3,(H,21,24)/t10-,11-. The van der Waals surface area contributed by atoms with Gasteiger partial charge in [0.2, 0.25) is 5.82 Å². The molecule has 0 bridgehead atoms. The summed E-state index contributed by atoms with van der Waals surface area (Å²) in [6.45, 7) is -2.75. The number of hydrogen-bond donors (Lipinski definition) is 1. The van der Waals surface area contributed by atoms with E-state index in [0.29, 0.717) is 31.4 Å². The Hall–Kier alpha value is -2.42. The van der Waals surface area contributed by atoms with Crippen molar-refractivity contribution in [2.75, 3.05) is 0 Å². The molecule has 0 unspecified atom stereocenters. The van der Waals surface area contributed by atoms with E-state index >= 15 is 0 Å². The Bertz CT molecular complexity index is 729. The van der Waals surface area contributed by atoms with E-state index in [1.807, 2.05) is 7.05 Å². The first-order valence-corrected chi connectivity index (χ1v) is 8.07. The number of carbonyl (C=O) groups excluding carboxylic acids is 1. The molecule has 1 aliphatic rings. The van der Waals surface area contributed by atoms with Gasteiger partial charge in [0.25, 0.3) is 5.91 Å². The summed E-state index contributed by atoms with van der Waals surface area (Å²) in [5.74, 6) is -0.299. The maximum Gasteiger partial charge on any atom is 0.345 e. The van der Waals surface area contributed by atoms with Crippen molar-refractivity contribution in [2.45, 2.75) is 44.4 Å². The third kappa shape index (κ3) is 4.36. The SMILES string of the molecule is Cn1cncc1-c1ccnc(C(=O)N[C@H]2CC[C@H](OC(F)F)CC2)n1. The lowest BCUT2D eigenvalue weighted by Crippen LogP contribution is -2.40. The van der Waals surface area contributed by atoms with Crippen molar-refractivity contribution in [1.29, 1.82) is 0 Å². The van der Waals surface area contributed by atoms with Gasteiger partial charge in [-0.1, -0.05) is 0 Å². The molecule has 2 aromatic rings. The van der Waals surface area contributed by atoms with E-state index in [1.54, 1.807) is 23.2 Å². The molecule has 9 heteroatoms. The van der Waals surface area contributed by atoms with Crippen LogP contribution < -0.4 is 5.32 Å². The number of amides is 1. The highest BCUT2D eigenvalue weighted by atomic mass is 19.3. The summed E-state index contributed by atoms with van der Waals surface area (Å²) in [5, 5.41) is 2.87. The van der Waals surface area contributed by atoms with Crippen LogP contribution in [0.3, 0.4) is 0 Å². The highest BCUT2D eigenvalue weighted by Gasteiger charge is 2.26. The van der Waals surface area contributed by atoms with E-state index in [4.69, 9.17) is 0 Å². The Balaban J connectivity index is 1.60. The van der Waals surface area contributed by atoms with E-state index in [-0.39, 0.29) is 17.8 Å². The number of carbonyl (C=O) groups is 1. The molecule has 1 amide bonds. The number of imidazole rings is 1. The first-order chi connectivity index (χ1) is 12.0. The van der Waals surface area contributed by atoms with Gasteiger partial charge in [-0.25, -0.2) is 15.0 Å². The van der Waals surface area contributed by atoms with Gasteiger partial charge in [-0.2, -0.15) is 8.78 Å². The number of aryl methyl sites for hydroxylation is 1. The molecule has 2 heterocycles. The molecule has 1 fully saturated rings. The summed E-state index contributed by atoms with van der Waals surface area (Å²) in [4.78, 5) is 24.7. The van der Waals surface area contributed by atoms with E-state index in [9.17, 15) is 13.6 Å². The van der Waals surface area contributed by atoms with Crippen molar-refractivity contribution < 1.29 is 18.3 Å². The Morgan fingerprint density at radius 1 is 1.36 bits per heavy atom. The zero-order valence-corrected chi connectivity index (χ0v) is 13.7. The molecule has 0 atom stereocenters. The highest BCUT2D eigenvalue weighted by Crippen LogP contribution is 2.23. The molecule has 0 saturated heterocycles. The number of alkyl halides is 2. The maximum absolute atomic E-state index is 12.4. The topological polar surface area (TPSA) is 81.9 Å². The van der Waals surface area contributed by atoms with Crippen molar-refractivity contribution in [3.63, 3.8) is 0 Å². The van der Waals surface area contributed by atoms with Crippen LogP contribution in [-0.4, -0.2) is 44.2 Å². The monoisotopic (exact) mass is 351 g/mol. The van der Waals surface area contributed by atoms with E-state index in [2.05, 4.69) is 25.0 Å². The fourth-order valence-electron chi connectivity index (χ4n) is 2.95. The van der Waals surface area contributed by atoms with Gasteiger partial charge in [0, 0.05) is 19.3 Å². The van der Waals surface area contributed by atoms with Crippen molar-refractivity contribution in [3.8, 4) is 11.4 Å². The maximum atomic E-state index is 12.4. The Labute approximate surface area is 143 Å². The van der Waals surface area contributed by atoms with Crippen molar-refractivity contribution in [2.24, 2.45) is 7.05 Å². The number of halogens is 2. The lowest BCUT2D eigenvalue weighted by Gasteiger charge is -2.28. The Kier molecular flexibility index (Phi) is 5.32. The molecule has 1 saturated carbocycles. The molecule has 0 aromatic carbocycles. The van der Waals surface area contributed by atoms with Crippen LogP contribution in [0.5, 0.6) is 0 Å². The summed E-state index contributed by atoms with van der Waals surface area (Å²) in [6.07, 6.45) is 6.55. The average molecular weight is 351 g/mol. The highest BCUT2D eigenvalue weighted by molar-refractivity contribution is 5.91. The van der Waals surface area contributed by atoms with Crippen LogP contribution in [0.15, 0.2) is 24.8 Å². The van der Waals surface area contributed by atoms with Gasteiger partial charge in [0.15, 0.2) is 0 Å². The van der Waals surface area contributed by atoms with Gasteiger partial charge in [-0.3, -0.25) is 4.79 Å². The van der Waals surface area contributed by atoms with Crippen molar-refractivity contribution in [3.05, 3.63) is 30.6 Å². The molecule has 134 valence electrons. The summed E-state index contributed by atoms with van der Waals surface area (Å²) in [6, 6.07) is 1.62. The van der Waals surface area contributed by atoms with Crippen LogP contribution in [-0.2, 0) is 11.8 Å². The number of aromatic nitrogens is 4. The minimum absolute atomic E-state index is 0.0738. The minimum Gasteiger partial charge on any atom is -0.347 e. The summed E-state index contributed by atoms with van der Waals surface area (Å²) < 4.78 is 30.8. The number of nitrogens with zero attached hydrogens (tertiary/aromatic N) is 4. The normalized spacial score (nSPS) is 20.6. The van der Waals surface area contributed by atoms with Gasteiger partial charge in [0.05, 0.1) is 30.0 Å². The number of rotatable bonds is 5. The molecule has 0 radical (unpaired) electrons. The van der Waals surface area contributed by atoms with Gasteiger partial charge in [-0.05, 0) is 31.7 Å². The third-order valence-electron chi connectivity index (χ3n) is 4.24. The van der Waals surface area contributed by atoms with Crippen LogP contribution in [0.2, 0.25) is 0 Å². The van der Waals surface area contributed by atoms with Gasteiger partial charge < -0.3 is 14.6 Å². The lowest BCUT2D eigenvalue weighted by molar-refractivity contribution is -0.170. The van der Waals surface area contributed by atoms with Crippen LogP contribution in [0, 0.1) is 0 Å². The molecule has 1 N–H and O–H groups in total. The van der Waals surface area contributed by atoms with E-state index in [0.717, 1.165) is 5.69 Å². The zero-order valence-electron chi connectivity index (χ0n) is 13.7. The molecule has 25 heavy (non-hydrogen) atoms. The van der Waals surface area contributed by atoms with E-state index < -0.39 is 12.7 Å². The number of ether oxygens (including phenoxy) is 1. The predicted molar refractivity (Wildman–Crippen MR) is 84.8 cm³/mol. The largest absolute Gasteiger partial charge is 0.347 e. The van der Waals surface area contributed by atoms with Gasteiger partial charge >= 0.3 is 6.61 Å². The first-order valence-electron chi connectivity index (χ1n) is 8.07. The molecule has 2 aromatic heterocycles. The molecule has 3 rings (SSSR count). The molecule has 1 aliphatic carbocycles. The first kappa shape index (κ1) is 17.4. The summed E-state index contributed by atoms with van der Waals surface area (Å²) >= 11 is 0. The molecule has 7 nitrogen and oxygen atoms in total. The quantitative estimate of drug-likeness (QED) is 0.893. The summed E-state index contributed by atoms with van der Waals surface area (Å²) in [5.41, 5.74) is 1.38. The third-order valence-corrected chi connectivity index (χ3v) is 4.24. The minimum atomic E-state index is -2.75. The van der Waals surface area contributed by atoms with Crippen LogP contribution >= 0.6 is 0 Å². The Morgan fingerprint density at radius 2 is 2.12 bits per heavy atom. The predicted octanol–water partition coefficient (Wildman–Crippen LogP) is 2.16. The van der Waals surface area contributed by atoms with Crippen molar-refractivity contribution >= 4 is 5.91 Å². The molecule has 0 spiro atoms. The zero-order chi connectivity index (χ0) is 17.8. The Morgan fingerprint density at radius 3 is 2.76 bits per heavy atom. The average Bonchev–Trinajstić information content (AvgIpc) is 3.02. The van der Waals surface area contributed by atoms with Crippen LogP contribution in [0.1, 0.15) is 36.3 Å². The van der Waals surface area contributed by atoms with Crippen LogP contribution in [0.25, 0.3) is 11.4 Å². The fourth-order valence-corrected chi connectivity index (χ4v) is 2.95. The fraction of sp³-hybridized carbons (Fsp3) is 0.500. The molecular formula is C16H19F2N5O2.